The van der Waals surface area contributed by atoms with Crippen LogP contribution in [-0.2, 0) is 5.41 Å². The van der Waals surface area contributed by atoms with Gasteiger partial charge < -0.3 is 5.32 Å². The van der Waals surface area contributed by atoms with E-state index in [2.05, 4.69) is 26.3 Å². The molecule has 7 heteroatoms. The molecule has 1 saturated carbocycles. The Morgan fingerprint density at radius 2 is 2.23 bits per heavy atom. The number of nitrogens with one attached hydrogen (secondary N) is 1. The molecule has 2 aromatic rings. The number of aromatic nitrogens is 3. The first-order chi connectivity index (χ1) is 10.7. The Morgan fingerprint density at radius 1 is 1.41 bits per heavy atom. The van der Waals surface area contributed by atoms with E-state index in [1.165, 1.54) is 18.0 Å². The van der Waals surface area contributed by atoms with E-state index in [1.54, 1.807) is 6.07 Å². The third-order valence-electron chi connectivity index (χ3n) is 3.55. The molecule has 0 saturated heterocycles. The summed E-state index contributed by atoms with van der Waals surface area (Å²) in [6.07, 6.45) is 5.72. The molecule has 0 aliphatic heterocycles. The van der Waals surface area contributed by atoms with Crippen LogP contribution in [-0.4, -0.2) is 27.5 Å². The predicted octanol–water partition coefficient (Wildman–Crippen LogP) is 2.70. The summed E-state index contributed by atoms with van der Waals surface area (Å²) in [5.41, 5.74) is 0.680. The second kappa shape index (κ2) is 5.73. The van der Waals surface area contributed by atoms with Crippen molar-refractivity contribution in [2.45, 2.75) is 23.4 Å². The zero-order valence-electron chi connectivity index (χ0n) is 11.9. The van der Waals surface area contributed by atoms with Gasteiger partial charge in [-0.2, -0.15) is 5.26 Å². The first-order valence-corrected chi connectivity index (χ1v) is 7.95. The number of carbonyl (C=O) groups excluding carboxylic acids is 1. The minimum absolute atomic E-state index is 0.367. The lowest BCUT2D eigenvalue weighted by Gasteiger charge is -2.10. The van der Waals surface area contributed by atoms with Crippen LogP contribution in [0, 0.1) is 11.3 Å². The molecule has 0 amide bonds. The van der Waals surface area contributed by atoms with E-state index >= 15 is 0 Å². The van der Waals surface area contributed by atoms with Gasteiger partial charge in [0.25, 0.3) is 0 Å². The molecule has 1 aliphatic carbocycles. The van der Waals surface area contributed by atoms with Crippen molar-refractivity contribution < 1.29 is 4.79 Å². The predicted molar refractivity (Wildman–Crippen MR) is 83.2 cm³/mol. The van der Waals surface area contributed by atoms with Crippen LogP contribution in [0.3, 0.4) is 0 Å². The van der Waals surface area contributed by atoms with Gasteiger partial charge in [-0.3, -0.25) is 4.79 Å². The maximum absolute atomic E-state index is 11.1. The molecule has 22 heavy (non-hydrogen) atoms. The molecule has 0 unspecified atom stereocenters. The lowest BCUT2D eigenvalue weighted by atomic mass is 10.0. The molecule has 0 aromatic carbocycles. The fourth-order valence-electron chi connectivity index (χ4n) is 2.10. The van der Waals surface area contributed by atoms with Crippen LogP contribution in [0.25, 0.3) is 0 Å². The fraction of sp³-hybridized carbons (Fsp3) is 0.267. The van der Waals surface area contributed by atoms with Gasteiger partial charge >= 0.3 is 0 Å². The third-order valence-corrected chi connectivity index (χ3v) is 4.12. The standard InChI is InChI=1S/C15H13N5OS/c1-22-14-17-7-10(8-21)13(20-14)19-12-4-2-3-11(18-12)15(9-16)5-6-15/h2-4,7-8H,5-6H2,1H3,(H,17,18,19,20). The van der Waals surface area contributed by atoms with Gasteiger partial charge in [-0.15, -0.1) is 0 Å². The highest BCUT2D eigenvalue weighted by molar-refractivity contribution is 7.98. The van der Waals surface area contributed by atoms with Crippen LogP contribution in [0.1, 0.15) is 28.9 Å². The molecular weight excluding hydrogens is 298 g/mol. The van der Waals surface area contributed by atoms with E-state index < -0.39 is 5.41 Å². The molecule has 0 atom stereocenters. The van der Waals surface area contributed by atoms with E-state index in [0.29, 0.717) is 28.6 Å². The van der Waals surface area contributed by atoms with Gasteiger partial charge in [-0.25, -0.2) is 15.0 Å². The molecule has 0 bridgehead atoms. The van der Waals surface area contributed by atoms with Gasteiger partial charge in [0.05, 0.1) is 22.7 Å². The summed E-state index contributed by atoms with van der Waals surface area (Å²) in [4.78, 5) is 24.0. The summed E-state index contributed by atoms with van der Waals surface area (Å²) in [6.45, 7) is 0. The Kier molecular flexibility index (Phi) is 3.77. The maximum atomic E-state index is 11.1. The van der Waals surface area contributed by atoms with Crippen LogP contribution in [0.5, 0.6) is 0 Å². The summed E-state index contributed by atoms with van der Waals surface area (Å²) in [5, 5.41) is 12.9. The number of hydrogen-bond acceptors (Lipinski definition) is 7. The summed E-state index contributed by atoms with van der Waals surface area (Å²) in [7, 11) is 0. The number of hydrogen-bond donors (Lipinski definition) is 1. The topological polar surface area (TPSA) is 91.6 Å². The van der Waals surface area contributed by atoms with Crippen molar-refractivity contribution >= 4 is 29.7 Å². The van der Waals surface area contributed by atoms with Crippen molar-refractivity contribution in [1.82, 2.24) is 15.0 Å². The number of pyridine rings is 1. The van der Waals surface area contributed by atoms with E-state index in [0.717, 1.165) is 18.5 Å². The van der Waals surface area contributed by atoms with Crippen molar-refractivity contribution in [1.29, 1.82) is 5.26 Å². The summed E-state index contributed by atoms with van der Waals surface area (Å²) >= 11 is 1.39. The molecule has 1 N–H and O–H groups in total. The highest BCUT2D eigenvalue weighted by Gasteiger charge is 2.46. The number of nitrogens with zero attached hydrogens (tertiary/aromatic N) is 4. The Bertz CT molecular complexity index is 767. The zero-order valence-corrected chi connectivity index (χ0v) is 12.7. The molecule has 1 aliphatic rings. The molecule has 110 valence electrons. The summed E-state index contributed by atoms with van der Waals surface area (Å²) in [6, 6.07) is 7.81. The number of anilines is 2. The zero-order chi connectivity index (χ0) is 15.6. The second-order valence-electron chi connectivity index (χ2n) is 5.01. The van der Waals surface area contributed by atoms with E-state index in [4.69, 9.17) is 0 Å². The summed E-state index contributed by atoms with van der Waals surface area (Å²) < 4.78 is 0. The number of rotatable bonds is 5. The number of carbonyl (C=O) groups is 1. The average Bonchev–Trinajstić information content (AvgIpc) is 3.36. The Balaban J connectivity index is 1.92. The number of thioether (sulfide) groups is 1. The van der Waals surface area contributed by atoms with Gasteiger partial charge in [0.2, 0.25) is 0 Å². The van der Waals surface area contributed by atoms with Crippen molar-refractivity contribution in [2.75, 3.05) is 11.6 Å². The highest BCUT2D eigenvalue weighted by atomic mass is 32.2. The minimum atomic E-state index is -0.443. The van der Waals surface area contributed by atoms with Gasteiger partial charge in [0.1, 0.15) is 11.6 Å². The quantitative estimate of drug-likeness (QED) is 0.515. The molecular formula is C15H13N5OS. The monoisotopic (exact) mass is 311 g/mol. The van der Waals surface area contributed by atoms with Crippen LogP contribution in [0.2, 0.25) is 0 Å². The third kappa shape index (κ3) is 2.65. The molecule has 3 rings (SSSR count). The van der Waals surface area contributed by atoms with Crippen LogP contribution in [0.15, 0.2) is 29.6 Å². The van der Waals surface area contributed by atoms with Gasteiger partial charge in [-0.05, 0) is 31.2 Å². The normalized spacial score (nSPS) is 14.9. The fourth-order valence-corrected chi connectivity index (χ4v) is 2.44. The largest absolute Gasteiger partial charge is 0.324 e. The maximum Gasteiger partial charge on any atom is 0.189 e. The highest BCUT2D eigenvalue weighted by Crippen LogP contribution is 2.46. The average molecular weight is 311 g/mol. The van der Waals surface area contributed by atoms with Crippen molar-refractivity contribution in [3.63, 3.8) is 0 Å². The minimum Gasteiger partial charge on any atom is -0.324 e. The lowest BCUT2D eigenvalue weighted by Crippen LogP contribution is -2.08. The van der Waals surface area contributed by atoms with Crippen molar-refractivity contribution in [3.8, 4) is 6.07 Å². The molecule has 0 radical (unpaired) electrons. The number of nitriles is 1. The Morgan fingerprint density at radius 3 is 2.86 bits per heavy atom. The molecule has 2 aromatic heterocycles. The van der Waals surface area contributed by atoms with Gasteiger partial charge in [0, 0.05) is 6.20 Å². The SMILES string of the molecule is CSc1ncc(C=O)c(Nc2cccc(C3(C#N)CC3)n2)n1. The van der Waals surface area contributed by atoms with E-state index in [1.807, 2.05) is 18.4 Å². The van der Waals surface area contributed by atoms with Gasteiger partial charge in [-0.1, -0.05) is 17.8 Å². The smallest absolute Gasteiger partial charge is 0.189 e. The first kappa shape index (κ1) is 14.5. The second-order valence-corrected chi connectivity index (χ2v) is 5.78. The molecule has 2 heterocycles. The molecule has 1 fully saturated rings. The summed E-state index contributed by atoms with van der Waals surface area (Å²) in [5.74, 6) is 0.980. The first-order valence-electron chi connectivity index (χ1n) is 6.73. The Labute approximate surface area is 132 Å². The van der Waals surface area contributed by atoms with E-state index in [9.17, 15) is 10.1 Å². The van der Waals surface area contributed by atoms with Crippen molar-refractivity contribution in [2.24, 2.45) is 0 Å². The Hall–Kier alpha value is -2.46. The van der Waals surface area contributed by atoms with Crippen LogP contribution >= 0.6 is 11.8 Å². The molecule has 0 spiro atoms. The van der Waals surface area contributed by atoms with Crippen molar-refractivity contribution in [3.05, 3.63) is 35.7 Å². The van der Waals surface area contributed by atoms with Crippen LogP contribution < -0.4 is 5.32 Å². The van der Waals surface area contributed by atoms with Gasteiger partial charge in [0.15, 0.2) is 11.4 Å². The number of aldehydes is 1. The van der Waals surface area contributed by atoms with Crippen LogP contribution in [0.4, 0.5) is 11.6 Å². The van der Waals surface area contributed by atoms with E-state index in [-0.39, 0.29) is 0 Å². The molecule has 6 nitrogen and oxygen atoms in total. The lowest BCUT2D eigenvalue weighted by molar-refractivity contribution is 0.112.